The van der Waals surface area contributed by atoms with Crippen molar-refractivity contribution in [2.45, 2.75) is 25.9 Å². The van der Waals surface area contributed by atoms with Gasteiger partial charge in [0.1, 0.15) is 5.75 Å². The van der Waals surface area contributed by atoms with Crippen molar-refractivity contribution in [3.05, 3.63) is 64.2 Å². The molecule has 1 N–H and O–H groups in total. The Kier molecular flexibility index (Phi) is 7.92. The number of amides is 1. The summed E-state index contributed by atoms with van der Waals surface area (Å²) < 4.78 is 5.15. The quantitative estimate of drug-likeness (QED) is 0.718. The van der Waals surface area contributed by atoms with Gasteiger partial charge in [-0.05, 0) is 42.3 Å². The first kappa shape index (κ1) is 21.6. The summed E-state index contributed by atoms with van der Waals surface area (Å²) in [6, 6.07) is 14.2. The molecule has 0 bridgehead atoms. The van der Waals surface area contributed by atoms with Crippen LogP contribution in [0.25, 0.3) is 0 Å². The molecule has 0 aromatic heterocycles. The third-order valence-electron chi connectivity index (χ3n) is 5.37. The number of nitrogens with one attached hydrogen (secondary N) is 1. The SMILES string of the molecule is COc1ccc(CCC(=O)NCc2ccc(CN3CCN(C)CC3)cc2)cc1Cl. The van der Waals surface area contributed by atoms with Gasteiger partial charge in [0.25, 0.3) is 0 Å². The van der Waals surface area contributed by atoms with Crippen LogP contribution in [0.4, 0.5) is 0 Å². The second kappa shape index (κ2) is 10.6. The number of methoxy groups -OCH3 is 1. The zero-order valence-corrected chi connectivity index (χ0v) is 18.0. The Labute approximate surface area is 178 Å². The highest BCUT2D eigenvalue weighted by Gasteiger charge is 2.13. The molecule has 1 aliphatic rings. The molecular weight excluding hydrogens is 386 g/mol. The molecule has 6 heteroatoms. The van der Waals surface area contributed by atoms with Crippen LogP contribution in [0.2, 0.25) is 5.02 Å². The van der Waals surface area contributed by atoms with E-state index in [0.717, 1.165) is 43.9 Å². The summed E-state index contributed by atoms with van der Waals surface area (Å²) in [6.07, 6.45) is 1.09. The smallest absolute Gasteiger partial charge is 0.220 e. The van der Waals surface area contributed by atoms with Crippen LogP contribution < -0.4 is 10.1 Å². The molecule has 0 unspecified atom stereocenters. The van der Waals surface area contributed by atoms with Crippen molar-refractivity contribution in [3.63, 3.8) is 0 Å². The van der Waals surface area contributed by atoms with Crippen molar-refractivity contribution in [1.82, 2.24) is 15.1 Å². The van der Waals surface area contributed by atoms with Crippen LogP contribution in [0.3, 0.4) is 0 Å². The van der Waals surface area contributed by atoms with Crippen molar-refractivity contribution >= 4 is 17.5 Å². The van der Waals surface area contributed by atoms with E-state index in [1.54, 1.807) is 7.11 Å². The average molecular weight is 416 g/mol. The lowest BCUT2D eigenvalue weighted by molar-refractivity contribution is -0.121. The van der Waals surface area contributed by atoms with Gasteiger partial charge in [0.2, 0.25) is 5.91 Å². The van der Waals surface area contributed by atoms with E-state index in [9.17, 15) is 4.79 Å². The number of nitrogens with zero attached hydrogens (tertiary/aromatic N) is 2. The van der Waals surface area contributed by atoms with Gasteiger partial charge in [-0.3, -0.25) is 9.69 Å². The highest BCUT2D eigenvalue weighted by Crippen LogP contribution is 2.25. The van der Waals surface area contributed by atoms with Crippen LogP contribution in [0, 0.1) is 0 Å². The molecule has 0 spiro atoms. The number of aryl methyl sites for hydroxylation is 1. The Morgan fingerprint density at radius 1 is 1.03 bits per heavy atom. The molecule has 0 atom stereocenters. The summed E-state index contributed by atoms with van der Waals surface area (Å²) in [5.41, 5.74) is 3.47. The fraction of sp³-hybridized carbons (Fsp3) is 0.435. The monoisotopic (exact) mass is 415 g/mol. The van der Waals surface area contributed by atoms with E-state index in [4.69, 9.17) is 16.3 Å². The van der Waals surface area contributed by atoms with Gasteiger partial charge in [0.15, 0.2) is 0 Å². The van der Waals surface area contributed by atoms with Crippen LogP contribution in [0.1, 0.15) is 23.1 Å². The van der Waals surface area contributed by atoms with Crippen molar-refractivity contribution in [2.75, 3.05) is 40.3 Å². The van der Waals surface area contributed by atoms with Crippen molar-refractivity contribution < 1.29 is 9.53 Å². The zero-order valence-electron chi connectivity index (χ0n) is 17.3. The largest absolute Gasteiger partial charge is 0.495 e. The molecule has 29 heavy (non-hydrogen) atoms. The van der Waals surface area contributed by atoms with E-state index >= 15 is 0 Å². The summed E-state index contributed by atoms with van der Waals surface area (Å²) in [5, 5.41) is 3.57. The number of halogens is 1. The minimum absolute atomic E-state index is 0.0402. The number of benzene rings is 2. The van der Waals surface area contributed by atoms with Gasteiger partial charge in [-0.15, -0.1) is 0 Å². The Morgan fingerprint density at radius 2 is 1.69 bits per heavy atom. The molecule has 1 amide bonds. The number of rotatable bonds is 8. The van der Waals surface area contributed by atoms with E-state index in [1.807, 2.05) is 18.2 Å². The molecule has 2 aromatic rings. The molecule has 0 radical (unpaired) electrons. The summed E-state index contributed by atoms with van der Waals surface area (Å²) in [7, 11) is 3.76. The highest BCUT2D eigenvalue weighted by atomic mass is 35.5. The number of ether oxygens (including phenoxy) is 1. The Bertz CT molecular complexity index is 802. The molecule has 1 heterocycles. The predicted molar refractivity (Wildman–Crippen MR) is 117 cm³/mol. The van der Waals surface area contributed by atoms with Crippen molar-refractivity contribution in [2.24, 2.45) is 0 Å². The van der Waals surface area contributed by atoms with Crippen molar-refractivity contribution in [3.8, 4) is 5.75 Å². The lowest BCUT2D eigenvalue weighted by atomic mass is 10.1. The third-order valence-corrected chi connectivity index (χ3v) is 5.67. The summed E-state index contributed by atoms with van der Waals surface area (Å²) in [5.74, 6) is 0.689. The maximum absolute atomic E-state index is 12.2. The van der Waals surface area contributed by atoms with Crippen LogP contribution >= 0.6 is 11.6 Å². The van der Waals surface area contributed by atoms with E-state index in [2.05, 4.69) is 46.4 Å². The van der Waals surface area contributed by atoms with E-state index < -0.39 is 0 Å². The Balaban J connectivity index is 1.40. The predicted octanol–water partition coefficient (Wildman–Crippen LogP) is 3.35. The number of piperazine rings is 1. The third kappa shape index (κ3) is 6.74. The second-order valence-corrected chi connectivity index (χ2v) is 8.05. The minimum Gasteiger partial charge on any atom is -0.495 e. The van der Waals surface area contributed by atoms with Gasteiger partial charge in [0, 0.05) is 45.7 Å². The normalized spacial score (nSPS) is 15.3. The summed E-state index contributed by atoms with van der Waals surface area (Å²) in [6.45, 7) is 6.04. The Hall–Kier alpha value is -2.08. The van der Waals surface area contributed by atoms with E-state index in [1.165, 1.54) is 5.56 Å². The topological polar surface area (TPSA) is 44.8 Å². The van der Waals surface area contributed by atoms with Gasteiger partial charge in [0.05, 0.1) is 12.1 Å². The molecule has 0 saturated carbocycles. The fourth-order valence-corrected chi connectivity index (χ4v) is 3.72. The molecule has 3 rings (SSSR count). The maximum Gasteiger partial charge on any atom is 0.220 e. The van der Waals surface area contributed by atoms with Crippen molar-refractivity contribution in [1.29, 1.82) is 0 Å². The molecule has 1 saturated heterocycles. The first-order chi connectivity index (χ1) is 14.0. The first-order valence-electron chi connectivity index (χ1n) is 10.1. The standard InChI is InChI=1S/C23H30ClN3O2/c1-26-11-13-27(14-12-26)17-20-5-3-19(4-6-20)16-25-23(28)10-8-18-7-9-22(29-2)21(24)15-18/h3-7,9,15H,8,10-14,16-17H2,1-2H3,(H,25,28). The number of likely N-dealkylation sites (N-methyl/N-ethyl adjacent to an activating group) is 1. The number of carbonyl (C=O) groups is 1. The van der Waals surface area contributed by atoms with Crippen LogP contribution in [-0.4, -0.2) is 56.0 Å². The zero-order chi connectivity index (χ0) is 20.6. The number of carbonyl (C=O) groups excluding carboxylic acids is 1. The summed E-state index contributed by atoms with van der Waals surface area (Å²) in [4.78, 5) is 17.0. The van der Waals surface area contributed by atoms with E-state index in [0.29, 0.717) is 30.2 Å². The molecule has 0 aliphatic carbocycles. The lowest BCUT2D eigenvalue weighted by Crippen LogP contribution is -2.43. The van der Waals surface area contributed by atoms with Gasteiger partial charge in [-0.2, -0.15) is 0 Å². The molecular formula is C23H30ClN3O2. The number of hydrogen-bond acceptors (Lipinski definition) is 4. The fourth-order valence-electron chi connectivity index (χ4n) is 3.44. The molecule has 2 aromatic carbocycles. The second-order valence-electron chi connectivity index (χ2n) is 7.64. The molecule has 5 nitrogen and oxygen atoms in total. The lowest BCUT2D eigenvalue weighted by Gasteiger charge is -2.32. The molecule has 156 valence electrons. The van der Waals surface area contributed by atoms with Gasteiger partial charge >= 0.3 is 0 Å². The van der Waals surface area contributed by atoms with Gasteiger partial charge in [-0.25, -0.2) is 0 Å². The Morgan fingerprint density at radius 3 is 2.34 bits per heavy atom. The van der Waals surface area contributed by atoms with Crippen LogP contribution in [0.5, 0.6) is 5.75 Å². The van der Waals surface area contributed by atoms with Gasteiger partial charge in [-0.1, -0.05) is 41.9 Å². The number of hydrogen-bond donors (Lipinski definition) is 1. The van der Waals surface area contributed by atoms with E-state index in [-0.39, 0.29) is 5.91 Å². The minimum atomic E-state index is 0.0402. The summed E-state index contributed by atoms with van der Waals surface area (Å²) >= 11 is 6.14. The van der Waals surface area contributed by atoms with Crippen LogP contribution in [0.15, 0.2) is 42.5 Å². The average Bonchev–Trinajstić information content (AvgIpc) is 2.73. The highest BCUT2D eigenvalue weighted by molar-refractivity contribution is 6.32. The van der Waals surface area contributed by atoms with Gasteiger partial charge < -0.3 is 15.0 Å². The molecule has 1 fully saturated rings. The van der Waals surface area contributed by atoms with Crippen LogP contribution in [-0.2, 0) is 24.3 Å². The maximum atomic E-state index is 12.2. The first-order valence-corrected chi connectivity index (χ1v) is 10.5. The molecule has 1 aliphatic heterocycles.